The predicted molar refractivity (Wildman–Crippen MR) is 418 cm³/mol. The number of fused-ring (bicyclic) bond motifs is 1. The zero-order valence-corrected chi connectivity index (χ0v) is 64.8. The molecule has 13 amide bonds. The van der Waals surface area contributed by atoms with Crippen molar-refractivity contribution in [2.24, 2.45) is 5.92 Å². The Kier molecular flexibility index (Phi) is 33.2. The molecule has 112 heavy (non-hydrogen) atoms. The lowest BCUT2D eigenvalue weighted by molar-refractivity contribution is -0.151. The Hall–Kier alpha value is -11.7. The molecule has 31 nitrogen and oxygen atoms in total. The number of rotatable bonds is 39. The van der Waals surface area contributed by atoms with Gasteiger partial charge in [0.15, 0.2) is 6.17 Å². The molecule has 1 saturated heterocycles. The first-order chi connectivity index (χ1) is 53.2. The minimum Gasteiger partial charge on any atom is -0.480 e. The molecule has 1 fully saturated rings. The Balaban J connectivity index is 1.20. The second-order valence-corrected chi connectivity index (χ2v) is 28.8. The van der Waals surface area contributed by atoms with Crippen molar-refractivity contribution in [1.29, 1.82) is 0 Å². The lowest BCUT2D eigenvalue weighted by atomic mass is 9.99. The van der Waals surface area contributed by atoms with Crippen LogP contribution in [0, 0.1) is 5.92 Å². The standard InChI is InChI=1S/C80H100ClN15O16/c1-45(2)36-61(76(107)94-70(95(9)69(101)32-34-83-46(3)4)79(110)96-35-13-17-68(96)78(109)84-47(5)80(111)112)88-72(103)64(39-52-21-28-59(29-22-52)85-48(6)98)90-74(105)65(40-53-23-30-60(31-24-53)86-49(7)99)92-77(108)67(44-97)93-75(106)66(42-55-14-12-33-82-43-55)91-73(104)63(38-51-19-26-58(81)27-20-51)89-71(102)62(87-50(8)100)41-54-18-25-56-15-10-11-16-57(56)37-54/h10-12,14-16,18-31,33,37,43,45-47,61-68,70,83,97H,13,17,32,34-36,38-42,44H2,1-9H3,(H,84,109)(H,85,98)(H,86,99)(H,87,100)(H,88,103)(H,89,102)(H,90,105)(H,91,104)(H,92,108)(H,93,106)(H,94,107)(H,111,112)/t47-,61+,62-,63-,64-,65+,66-,67+,68+,70-/m1/s1. The molecule has 2 heterocycles. The molecule has 7 rings (SSSR count). The number of pyridine rings is 1. The SMILES string of the molecule is CC(=O)Nc1ccc(C[C@H](NC(=O)[C@H](CO)NC(=O)[C@@H](Cc2cccnc2)NC(=O)[C@@H](Cc2ccc(Cl)cc2)NC(=O)[C@@H](Cc2ccc3ccccc3c2)NC(C)=O)C(=O)N[C@H](Cc2ccc(NC(C)=O)cc2)C(=O)N[C@@H](CC(C)C)C(=O)N[C@@H](C(=O)N2CCC[C@H]2C(=O)N[C@H](C)C(=O)O)N(C)C(=O)CCNC(C)C)cc1. The number of carbonyl (C=O) groups is 14. The number of hydrogen-bond donors (Lipinski definition) is 14. The molecule has 0 unspecified atom stereocenters. The number of hydrogen-bond acceptors (Lipinski definition) is 17. The minimum absolute atomic E-state index is 0.0103. The second-order valence-electron chi connectivity index (χ2n) is 28.4. The predicted octanol–water partition coefficient (Wildman–Crippen LogP) is 2.64. The van der Waals surface area contributed by atoms with Crippen LogP contribution >= 0.6 is 11.6 Å². The van der Waals surface area contributed by atoms with Crippen LogP contribution in [0.5, 0.6) is 0 Å². The summed E-state index contributed by atoms with van der Waals surface area (Å²) in [6.45, 7) is 11.4. The summed E-state index contributed by atoms with van der Waals surface area (Å²) in [6, 6.07) is 21.6. The largest absolute Gasteiger partial charge is 0.480 e. The van der Waals surface area contributed by atoms with Gasteiger partial charge >= 0.3 is 5.97 Å². The fourth-order valence-electron chi connectivity index (χ4n) is 12.5. The number of nitrogens with one attached hydrogen (secondary N) is 12. The number of likely N-dealkylation sites (tertiary alicyclic amines) is 1. The number of nitrogens with zero attached hydrogens (tertiary/aromatic N) is 3. The van der Waals surface area contributed by atoms with Gasteiger partial charge in [-0.2, -0.15) is 0 Å². The molecule has 0 saturated carbocycles. The molecule has 0 spiro atoms. The highest BCUT2D eigenvalue weighted by Gasteiger charge is 2.43. The Morgan fingerprint density at radius 2 is 0.955 bits per heavy atom. The van der Waals surface area contributed by atoms with E-state index in [1.165, 1.54) is 59.3 Å². The molecule has 0 aliphatic carbocycles. The number of aliphatic hydroxyl groups excluding tert-OH is 1. The van der Waals surface area contributed by atoms with Crippen LogP contribution in [0.2, 0.25) is 5.02 Å². The smallest absolute Gasteiger partial charge is 0.325 e. The van der Waals surface area contributed by atoms with Gasteiger partial charge in [0.25, 0.3) is 5.91 Å². The van der Waals surface area contributed by atoms with Crippen LogP contribution in [-0.4, -0.2) is 201 Å². The van der Waals surface area contributed by atoms with Crippen LogP contribution in [0.3, 0.4) is 0 Å². The maximum absolute atomic E-state index is 15.3. The van der Waals surface area contributed by atoms with Gasteiger partial charge in [0, 0.05) is 114 Å². The number of carboxylic acids is 1. The Morgan fingerprint density at radius 3 is 1.42 bits per heavy atom. The number of aromatic nitrogens is 1. The maximum Gasteiger partial charge on any atom is 0.325 e. The summed E-state index contributed by atoms with van der Waals surface area (Å²) in [5, 5.41) is 55.1. The third-order valence-electron chi connectivity index (χ3n) is 18.3. The number of carbonyl (C=O) groups excluding carboxylic acids is 13. The van der Waals surface area contributed by atoms with E-state index in [1.54, 1.807) is 86.6 Å². The van der Waals surface area contributed by atoms with Gasteiger partial charge in [0.2, 0.25) is 70.9 Å². The molecule has 32 heteroatoms. The number of halogens is 1. The topological polar surface area (TPSA) is 443 Å². The van der Waals surface area contributed by atoms with Crippen molar-refractivity contribution < 1.29 is 77.3 Å². The molecule has 14 N–H and O–H groups in total. The summed E-state index contributed by atoms with van der Waals surface area (Å²) in [7, 11) is 1.29. The average Bonchev–Trinajstić information content (AvgIpc) is 1.55. The van der Waals surface area contributed by atoms with Crippen molar-refractivity contribution >= 4 is 117 Å². The lowest BCUT2D eigenvalue weighted by Gasteiger charge is -2.35. The number of anilines is 2. The first-order valence-electron chi connectivity index (χ1n) is 36.9. The highest BCUT2D eigenvalue weighted by atomic mass is 35.5. The first-order valence-corrected chi connectivity index (χ1v) is 37.3. The van der Waals surface area contributed by atoms with Gasteiger partial charge in [-0.1, -0.05) is 124 Å². The van der Waals surface area contributed by atoms with E-state index in [2.05, 4.69) is 68.8 Å². The summed E-state index contributed by atoms with van der Waals surface area (Å²) in [5.74, 6) is -12.1. The fraction of sp³-hybridized carbons (Fsp3) is 0.412. The fourth-order valence-corrected chi connectivity index (χ4v) is 12.7. The summed E-state index contributed by atoms with van der Waals surface area (Å²) in [6.07, 6.45) is 0.191. The first kappa shape index (κ1) is 87.5. The van der Waals surface area contributed by atoms with Crippen LogP contribution in [0.15, 0.2) is 140 Å². The zero-order valence-electron chi connectivity index (χ0n) is 64.0. The van der Waals surface area contributed by atoms with E-state index in [9.17, 15) is 67.7 Å². The molecule has 598 valence electrons. The van der Waals surface area contributed by atoms with Crippen LogP contribution in [0.1, 0.15) is 109 Å². The number of aliphatic carboxylic acids is 1. The number of likely N-dealkylation sites (N-methyl/N-ethyl adjacent to an activating group) is 1. The quantitative estimate of drug-likeness (QED) is 0.0247. The molecular weight excluding hydrogens is 1460 g/mol. The average molecular weight is 1560 g/mol. The van der Waals surface area contributed by atoms with Crippen LogP contribution < -0.4 is 63.8 Å². The van der Waals surface area contributed by atoms with Gasteiger partial charge in [-0.25, -0.2) is 0 Å². The Bertz CT molecular complexity index is 4320. The van der Waals surface area contributed by atoms with Gasteiger partial charge in [0.1, 0.15) is 54.4 Å². The van der Waals surface area contributed by atoms with Gasteiger partial charge in [-0.05, 0) is 113 Å². The van der Waals surface area contributed by atoms with Gasteiger partial charge < -0.3 is 83.8 Å². The molecule has 1 aliphatic heterocycles. The number of carboxylic acid groups (broad SMARTS) is 1. The van der Waals surface area contributed by atoms with E-state index in [0.29, 0.717) is 50.6 Å². The molecule has 10 atom stereocenters. The van der Waals surface area contributed by atoms with Crippen LogP contribution in [0.25, 0.3) is 10.8 Å². The second kappa shape index (κ2) is 42.5. The molecular formula is C80H100ClN15O16. The molecule has 0 bridgehead atoms. The Labute approximate surface area is 654 Å². The van der Waals surface area contributed by atoms with Crippen molar-refractivity contribution in [2.45, 2.75) is 180 Å². The molecule has 0 radical (unpaired) electrons. The highest BCUT2D eigenvalue weighted by Crippen LogP contribution is 2.23. The zero-order chi connectivity index (χ0) is 81.9. The molecule has 6 aromatic rings. The van der Waals surface area contributed by atoms with Crippen molar-refractivity contribution in [3.8, 4) is 0 Å². The Morgan fingerprint density at radius 1 is 0.509 bits per heavy atom. The van der Waals surface area contributed by atoms with E-state index in [4.69, 9.17) is 11.6 Å². The van der Waals surface area contributed by atoms with Crippen molar-refractivity contribution in [1.82, 2.24) is 68.0 Å². The number of aliphatic hydroxyl groups is 1. The van der Waals surface area contributed by atoms with E-state index in [-0.39, 0.29) is 82.3 Å². The van der Waals surface area contributed by atoms with Gasteiger partial charge in [-0.3, -0.25) is 72.1 Å². The highest BCUT2D eigenvalue weighted by molar-refractivity contribution is 6.30. The van der Waals surface area contributed by atoms with Crippen LogP contribution in [-0.2, 0) is 99.2 Å². The number of benzene rings is 5. The molecule has 1 aromatic heterocycles. The van der Waals surface area contributed by atoms with Crippen molar-refractivity contribution in [3.05, 3.63) is 173 Å². The third-order valence-corrected chi connectivity index (χ3v) is 18.6. The maximum atomic E-state index is 15.3. The van der Waals surface area contributed by atoms with E-state index in [0.717, 1.165) is 20.6 Å². The minimum atomic E-state index is -1.89. The third kappa shape index (κ3) is 27.4. The summed E-state index contributed by atoms with van der Waals surface area (Å²) < 4.78 is 0. The van der Waals surface area contributed by atoms with E-state index < -0.39 is 144 Å². The van der Waals surface area contributed by atoms with Gasteiger partial charge in [0.05, 0.1) is 6.61 Å². The molecule has 1 aliphatic rings. The van der Waals surface area contributed by atoms with Crippen LogP contribution in [0.4, 0.5) is 11.4 Å². The van der Waals surface area contributed by atoms with Crippen molar-refractivity contribution in [3.63, 3.8) is 0 Å². The molecule has 5 aromatic carbocycles. The normalized spacial score (nSPS) is 14.9. The summed E-state index contributed by atoms with van der Waals surface area (Å²) in [4.78, 5) is 202. The number of amides is 13. The van der Waals surface area contributed by atoms with Gasteiger partial charge in [-0.15, -0.1) is 0 Å². The van der Waals surface area contributed by atoms with E-state index in [1.807, 2.05) is 56.3 Å². The monoisotopic (exact) mass is 1560 g/mol. The summed E-state index contributed by atoms with van der Waals surface area (Å²) in [5.41, 5.74) is 3.16. The van der Waals surface area contributed by atoms with E-state index >= 15 is 9.59 Å². The van der Waals surface area contributed by atoms with Crippen molar-refractivity contribution in [2.75, 3.05) is 37.4 Å². The summed E-state index contributed by atoms with van der Waals surface area (Å²) >= 11 is 6.26. The lowest BCUT2D eigenvalue weighted by Crippen LogP contribution is -2.64.